The number of ether oxygens (including phenoxy) is 2. The molecule has 51 heavy (non-hydrogen) atoms. The summed E-state index contributed by atoms with van der Waals surface area (Å²) < 4.78 is 32.7. The first-order valence-corrected chi connectivity index (χ1v) is 22.7. The lowest BCUT2D eigenvalue weighted by molar-refractivity contribution is -0.161. The van der Waals surface area contributed by atoms with Crippen LogP contribution in [0.15, 0.2) is 12.2 Å². The molecular formula is C41H80NO8P. The fourth-order valence-corrected chi connectivity index (χ4v) is 6.75. The first-order chi connectivity index (χ1) is 24.8. The molecule has 0 bridgehead atoms. The summed E-state index contributed by atoms with van der Waals surface area (Å²) >= 11 is 0. The summed E-state index contributed by atoms with van der Waals surface area (Å²) in [5.74, 6) is -0.837. The molecule has 0 saturated heterocycles. The molecule has 1 unspecified atom stereocenters. The topological polar surface area (TPSA) is 134 Å². The summed E-state index contributed by atoms with van der Waals surface area (Å²) in [5, 5.41) is 0. The summed E-state index contributed by atoms with van der Waals surface area (Å²) in [5.41, 5.74) is 5.34. The van der Waals surface area contributed by atoms with Crippen molar-refractivity contribution in [2.24, 2.45) is 5.73 Å². The van der Waals surface area contributed by atoms with Crippen molar-refractivity contribution >= 4 is 19.8 Å². The van der Waals surface area contributed by atoms with Crippen LogP contribution in [0.5, 0.6) is 0 Å². The molecule has 0 saturated carbocycles. The smallest absolute Gasteiger partial charge is 0.462 e. The van der Waals surface area contributed by atoms with Crippen LogP contribution in [0.4, 0.5) is 0 Å². The zero-order chi connectivity index (χ0) is 37.5. The lowest BCUT2D eigenvalue weighted by atomic mass is 10.0. The second-order valence-corrected chi connectivity index (χ2v) is 15.7. The molecule has 3 N–H and O–H groups in total. The summed E-state index contributed by atoms with van der Waals surface area (Å²) in [6.07, 6.45) is 38.1. The van der Waals surface area contributed by atoms with E-state index in [1.807, 2.05) is 0 Å². The second-order valence-electron chi connectivity index (χ2n) is 14.2. The van der Waals surface area contributed by atoms with Gasteiger partial charge in [0.05, 0.1) is 13.2 Å². The van der Waals surface area contributed by atoms with Gasteiger partial charge in [0.25, 0.3) is 0 Å². The second kappa shape index (κ2) is 38.5. The van der Waals surface area contributed by atoms with E-state index >= 15 is 0 Å². The molecule has 0 aliphatic carbocycles. The van der Waals surface area contributed by atoms with Crippen molar-refractivity contribution in [3.05, 3.63) is 12.2 Å². The van der Waals surface area contributed by atoms with Gasteiger partial charge in [0, 0.05) is 19.4 Å². The highest BCUT2D eigenvalue weighted by atomic mass is 31.2. The number of esters is 2. The average Bonchev–Trinajstić information content (AvgIpc) is 3.11. The molecule has 0 aliphatic heterocycles. The van der Waals surface area contributed by atoms with E-state index in [9.17, 15) is 19.0 Å². The first kappa shape index (κ1) is 49.8. The van der Waals surface area contributed by atoms with Crippen LogP contribution in [0.25, 0.3) is 0 Å². The molecule has 0 rings (SSSR count). The van der Waals surface area contributed by atoms with Crippen LogP contribution in [0, 0.1) is 0 Å². The minimum atomic E-state index is -4.37. The molecule has 0 fully saturated rings. The Morgan fingerprint density at radius 1 is 0.569 bits per heavy atom. The van der Waals surface area contributed by atoms with Gasteiger partial charge in [0.15, 0.2) is 6.10 Å². The van der Waals surface area contributed by atoms with E-state index in [-0.39, 0.29) is 32.6 Å². The van der Waals surface area contributed by atoms with E-state index < -0.39 is 32.5 Å². The predicted molar refractivity (Wildman–Crippen MR) is 211 cm³/mol. The van der Waals surface area contributed by atoms with E-state index in [0.717, 1.165) is 38.5 Å². The fraction of sp³-hybridized carbons (Fsp3) is 0.902. The number of carbonyl (C=O) groups is 2. The van der Waals surface area contributed by atoms with E-state index in [4.69, 9.17) is 24.3 Å². The molecule has 0 heterocycles. The van der Waals surface area contributed by atoms with Gasteiger partial charge < -0.3 is 20.1 Å². The number of hydrogen-bond acceptors (Lipinski definition) is 8. The maximum absolute atomic E-state index is 12.6. The minimum Gasteiger partial charge on any atom is -0.462 e. The molecule has 0 radical (unpaired) electrons. The third kappa shape index (κ3) is 38.3. The van der Waals surface area contributed by atoms with Gasteiger partial charge in [-0.05, 0) is 38.5 Å². The standard InChI is InChI=1S/C41H80NO8P/c1-3-5-7-9-11-13-15-17-19-21-23-25-27-29-31-33-40(43)47-37-39(38-49-51(45,46)48-36-35-42)50-41(44)34-32-30-28-26-24-22-20-18-16-14-12-10-8-6-4-2/h21,23,39H,3-20,22,24-38,42H2,1-2H3,(H,45,46)/b23-21+/t39-/m1/s1. The maximum atomic E-state index is 12.6. The van der Waals surface area contributed by atoms with Crippen LogP contribution in [-0.4, -0.2) is 49.3 Å². The molecule has 0 aliphatic rings. The number of phosphoric acid groups is 1. The molecule has 0 aromatic rings. The van der Waals surface area contributed by atoms with Crippen molar-refractivity contribution in [1.29, 1.82) is 0 Å². The molecular weight excluding hydrogens is 665 g/mol. The highest BCUT2D eigenvalue weighted by molar-refractivity contribution is 7.47. The normalized spacial score (nSPS) is 13.4. The van der Waals surface area contributed by atoms with Gasteiger partial charge in [-0.15, -0.1) is 0 Å². The maximum Gasteiger partial charge on any atom is 0.472 e. The van der Waals surface area contributed by atoms with Crippen molar-refractivity contribution in [3.8, 4) is 0 Å². The van der Waals surface area contributed by atoms with Gasteiger partial charge in [-0.25, -0.2) is 4.57 Å². The summed E-state index contributed by atoms with van der Waals surface area (Å²) in [6.45, 7) is 3.73. The molecule has 0 aromatic carbocycles. The quantitative estimate of drug-likeness (QED) is 0.0272. The Balaban J connectivity index is 4.16. The molecule has 2 atom stereocenters. The van der Waals surface area contributed by atoms with Gasteiger partial charge in [-0.3, -0.25) is 18.6 Å². The van der Waals surface area contributed by atoms with Crippen LogP contribution in [0.1, 0.15) is 206 Å². The van der Waals surface area contributed by atoms with Gasteiger partial charge in [-0.2, -0.15) is 0 Å². The predicted octanol–water partition coefficient (Wildman–Crippen LogP) is 11.8. The Bertz CT molecular complexity index is 856. The molecule has 10 heteroatoms. The molecule has 0 spiro atoms. The number of carbonyl (C=O) groups excluding carboxylic acids is 2. The van der Waals surface area contributed by atoms with Crippen LogP contribution < -0.4 is 5.73 Å². The van der Waals surface area contributed by atoms with Crippen LogP contribution in [0.2, 0.25) is 0 Å². The van der Waals surface area contributed by atoms with Crippen LogP contribution in [-0.2, 0) is 32.7 Å². The van der Waals surface area contributed by atoms with E-state index in [2.05, 4.69) is 26.0 Å². The number of nitrogens with two attached hydrogens (primary N) is 1. The number of unbranched alkanes of at least 4 members (excludes halogenated alkanes) is 25. The van der Waals surface area contributed by atoms with Crippen molar-refractivity contribution in [1.82, 2.24) is 0 Å². The summed E-state index contributed by atoms with van der Waals surface area (Å²) in [6, 6.07) is 0. The molecule has 0 aromatic heterocycles. The van der Waals surface area contributed by atoms with E-state index in [1.165, 1.54) is 128 Å². The van der Waals surface area contributed by atoms with Crippen molar-refractivity contribution in [3.63, 3.8) is 0 Å². The number of rotatable bonds is 40. The van der Waals surface area contributed by atoms with Crippen molar-refractivity contribution in [2.45, 2.75) is 213 Å². The van der Waals surface area contributed by atoms with Gasteiger partial charge >= 0.3 is 19.8 Å². The molecule has 9 nitrogen and oxygen atoms in total. The highest BCUT2D eigenvalue weighted by Crippen LogP contribution is 2.43. The summed E-state index contributed by atoms with van der Waals surface area (Å²) in [4.78, 5) is 34.8. The Labute approximate surface area is 313 Å². The third-order valence-electron chi connectivity index (χ3n) is 9.15. The monoisotopic (exact) mass is 746 g/mol. The van der Waals surface area contributed by atoms with Gasteiger partial charge in [-0.1, -0.05) is 167 Å². The Morgan fingerprint density at radius 3 is 1.41 bits per heavy atom. The zero-order valence-corrected chi connectivity index (χ0v) is 34.0. The average molecular weight is 746 g/mol. The van der Waals surface area contributed by atoms with Crippen molar-refractivity contribution < 1.29 is 37.6 Å². The third-order valence-corrected chi connectivity index (χ3v) is 10.1. The Kier molecular flexibility index (Phi) is 37.5. The Morgan fingerprint density at radius 2 is 0.961 bits per heavy atom. The SMILES string of the molecule is CCCCCCCCCC/C=C/CCCCCC(=O)OC[C@H](COP(=O)(O)OCCN)OC(=O)CCCCCCCCCCCCCCCCC. The van der Waals surface area contributed by atoms with E-state index in [1.54, 1.807) is 0 Å². The summed E-state index contributed by atoms with van der Waals surface area (Å²) in [7, 11) is -4.37. The largest absolute Gasteiger partial charge is 0.472 e. The zero-order valence-electron chi connectivity index (χ0n) is 33.1. The van der Waals surface area contributed by atoms with E-state index in [0.29, 0.717) is 12.8 Å². The Hall–Kier alpha value is -1.25. The minimum absolute atomic E-state index is 0.0544. The van der Waals surface area contributed by atoms with Crippen LogP contribution >= 0.6 is 7.82 Å². The molecule has 302 valence electrons. The number of allylic oxidation sites excluding steroid dienone is 2. The fourth-order valence-electron chi connectivity index (χ4n) is 5.98. The molecule has 0 amide bonds. The number of hydrogen-bond donors (Lipinski definition) is 2. The highest BCUT2D eigenvalue weighted by Gasteiger charge is 2.26. The lowest BCUT2D eigenvalue weighted by Crippen LogP contribution is -2.29. The van der Waals surface area contributed by atoms with Crippen molar-refractivity contribution in [2.75, 3.05) is 26.4 Å². The van der Waals surface area contributed by atoms with Gasteiger partial charge in [0.2, 0.25) is 0 Å². The lowest BCUT2D eigenvalue weighted by Gasteiger charge is -2.19. The van der Waals surface area contributed by atoms with Crippen LogP contribution in [0.3, 0.4) is 0 Å². The first-order valence-electron chi connectivity index (χ1n) is 21.2. The van der Waals surface area contributed by atoms with Gasteiger partial charge in [0.1, 0.15) is 6.61 Å². The number of phosphoric ester groups is 1.